The molecule has 8 nitrogen and oxygen atoms in total. The molecule has 0 saturated carbocycles. The van der Waals surface area contributed by atoms with Crippen molar-refractivity contribution in [3.8, 4) is 0 Å². The van der Waals surface area contributed by atoms with Gasteiger partial charge >= 0.3 is 0 Å². The summed E-state index contributed by atoms with van der Waals surface area (Å²) in [4.78, 5) is 17.2. The molecule has 2 heterocycles. The Morgan fingerprint density at radius 3 is 2.77 bits per heavy atom. The lowest BCUT2D eigenvalue weighted by Gasteiger charge is -2.33. The average molecular weight is 329 g/mol. The first kappa shape index (κ1) is 16.9. The number of carbonyl (C=O) groups is 1. The van der Waals surface area contributed by atoms with Gasteiger partial charge in [0.2, 0.25) is 15.9 Å². The van der Waals surface area contributed by atoms with Crippen LogP contribution in [0.1, 0.15) is 19.8 Å². The van der Waals surface area contributed by atoms with E-state index in [4.69, 9.17) is 0 Å². The summed E-state index contributed by atoms with van der Waals surface area (Å²) in [6.45, 7) is 3.00. The zero-order valence-electron chi connectivity index (χ0n) is 13.2. The molecular formula is C13H23N5O3S. The van der Waals surface area contributed by atoms with Crippen LogP contribution in [0.2, 0.25) is 0 Å². The standard InChI is InChI=1S/C13H23N5O3S/c1-11(13(19)16(2)3)22(20,21)18-6-4-5-12(8-18)7-17-10-14-9-15-17/h9-12H,4-8H2,1-3H3/t11-,12+/m1/s1. The van der Waals surface area contributed by atoms with E-state index >= 15 is 0 Å². The zero-order chi connectivity index (χ0) is 16.3. The van der Waals surface area contributed by atoms with Gasteiger partial charge in [0.15, 0.2) is 5.25 Å². The Morgan fingerprint density at radius 2 is 2.18 bits per heavy atom. The van der Waals surface area contributed by atoms with Gasteiger partial charge in [-0.25, -0.2) is 17.7 Å². The van der Waals surface area contributed by atoms with Crippen LogP contribution in [0, 0.1) is 5.92 Å². The van der Waals surface area contributed by atoms with Crippen molar-refractivity contribution in [2.45, 2.75) is 31.6 Å². The lowest BCUT2D eigenvalue weighted by atomic mass is 10.00. The summed E-state index contributed by atoms with van der Waals surface area (Å²) >= 11 is 0. The van der Waals surface area contributed by atoms with Gasteiger partial charge in [-0.05, 0) is 25.7 Å². The maximum absolute atomic E-state index is 12.6. The monoisotopic (exact) mass is 329 g/mol. The summed E-state index contributed by atoms with van der Waals surface area (Å²) in [6, 6.07) is 0. The smallest absolute Gasteiger partial charge is 0.241 e. The molecule has 1 aromatic rings. The number of carbonyl (C=O) groups excluding carboxylic acids is 1. The molecule has 2 rings (SSSR count). The molecule has 0 aliphatic carbocycles. The largest absolute Gasteiger partial charge is 0.348 e. The maximum atomic E-state index is 12.6. The number of hydrogen-bond acceptors (Lipinski definition) is 5. The molecule has 0 aromatic carbocycles. The van der Waals surface area contributed by atoms with Crippen LogP contribution in [0.15, 0.2) is 12.7 Å². The van der Waals surface area contributed by atoms with Crippen LogP contribution in [-0.4, -0.2) is 70.7 Å². The fraction of sp³-hybridized carbons (Fsp3) is 0.769. The van der Waals surface area contributed by atoms with Crippen molar-refractivity contribution in [1.29, 1.82) is 0 Å². The highest BCUT2D eigenvalue weighted by molar-refractivity contribution is 7.90. The summed E-state index contributed by atoms with van der Waals surface area (Å²) in [5, 5.41) is 3.01. The first-order valence-corrected chi connectivity index (χ1v) is 8.85. The van der Waals surface area contributed by atoms with E-state index in [0.29, 0.717) is 19.6 Å². The van der Waals surface area contributed by atoms with E-state index in [-0.39, 0.29) is 5.92 Å². The molecule has 9 heteroatoms. The molecule has 22 heavy (non-hydrogen) atoms. The van der Waals surface area contributed by atoms with Crippen molar-refractivity contribution in [3.63, 3.8) is 0 Å². The van der Waals surface area contributed by atoms with E-state index in [1.165, 1.54) is 22.5 Å². The third kappa shape index (κ3) is 3.64. The molecule has 1 aliphatic rings. The third-order valence-electron chi connectivity index (χ3n) is 3.99. The molecule has 0 unspecified atom stereocenters. The molecule has 124 valence electrons. The third-order valence-corrected chi connectivity index (χ3v) is 6.14. The van der Waals surface area contributed by atoms with Crippen molar-refractivity contribution >= 4 is 15.9 Å². The minimum Gasteiger partial charge on any atom is -0.348 e. The van der Waals surface area contributed by atoms with Gasteiger partial charge < -0.3 is 4.90 Å². The fourth-order valence-electron chi connectivity index (χ4n) is 2.71. The minimum absolute atomic E-state index is 0.187. The van der Waals surface area contributed by atoms with Crippen LogP contribution in [0.25, 0.3) is 0 Å². The number of hydrogen-bond donors (Lipinski definition) is 0. The number of nitrogens with zero attached hydrogens (tertiary/aromatic N) is 5. The van der Waals surface area contributed by atoms with Crippen molar-refractivity contribution in [2.24, 2.45) is 5.92 Å². The van der Waals surface area contributed by atoms with Crippen LogP contribution in [0.3, 0.4) is 0 Å². The molecule has 1 amide bonds. The van der Waals surface area contributed by atoms with Gasteiger partial charge in [0, 0.05) is 33.7 Å². The zero-order valence-corrected chi connectivity index (χ0v) is 14.0. The Kier molecular flexibility index (Phi) is 5.17. The van der Waals surface area contributed by atoms with Gasteiger partial charge in [0.1, 0.15) is 12.7 Å². The van der Waals surface area contributed by atoms with Crippen molar-refractivity contribution in [3.05, 3.63) is 12.7 Å². The molecule has 0 spiro atoms. The molecule has 0 N–H and O–H groups in total. The average Bonchev–Trinajstić information content (AvgIpc) is 2.98. The van der Waals surface area contributed by atoms with E-state index in [1.807, 2.05) is 0 Å². The lowest BCUT2D eigenvalue weighted by Crippen LogP contribution is -2.49. The molecule has 0 bridgehead atoms. The first-order valence-electron chi connectivity index (χ1n) is 7.35. The summed E-state index contributed by atoms with van der Waals surface area (Å²) in [6.07, 6.45) is 4.84. The Balaban J connectivity index is 2.06. The maximum Gasteiger partial charge on any atom is 0.241 e. The Morgan fingerprint density at radius 1 is 1.45 bits per heavy atom. The van der Waals surface area contributed by atoms with E-state index in [2.05, 4.69) is 10.1 Å². The highest BCUT2D eigenvalue weighted by Gasteiger charge is 2.37. The number of aromatic nitrogens is 3. The quantitative estimate of drug-likeness (QED) is 0.746. The van der Waals surface area contributed by atoms with Crippen LogP contribution in [0.4, 0.5) is 0 Å². The fourth-order valence-corrected chi connectivity index (χ4v) is 4.43. The summed E-state index contributed by atoms with van der Waals surface area (Å²) in [5.74, 6) is -0.203. The predicted molar refractivity (Wildman–Crippen MR) is 81.4 cm³/mol. The van der Waals surface area contributed by atoms with E-state index in [1.54, 1.807) is 25.1 Å². The van der Waals surface area contributed by atoms with E-state index in [9.17, 15) is 13.2 Å². The van der Waals surface area contributed by atoms with Gasteiger partial charge in [-0.15, -0.1) is 0 Å². The Labute approximate surface area is 131 Å². The molecule has 1 aromatic heterocycles. The highest BCUT2D eigenvalue weighted by Crippen LogP contribution is 2.23. The van der Waals surface area contributed by atoms with Crippen LogP contribution >= 0.6 is 0 Å². The Bertz CT molecular complexity index is 599. The normalized spacial score (nSPS) is 21.5. The number of amides is 1. The molecule has 0 radical (unpaired) electrons. The van der Waals surface area contributed by atoms with Gasteiger partial charge in [0.25, 0.3) is 0 Å². The highest BCUT2D eigenvalue weighted by atomic mass is 32.2. The van der Waals surface area contributed by atoms with Crippen LogP contribution < -0.4 is 0 Å². The topological polar surface area (TPSA) is 88.4 Å². The second-order valence-electron chi connectivity index (χ2n) is 5.90. The first-order chi connectivity index (χ1) is 10.3. The molecule has 2 atom stereocenters. The van der Waals surface area contributed by atoms with Gasteiger partial charge in [-0.2, -0.15) is 5.10 Å². The van der Waals surface area contributed by atoms with Crippen molar-refractivity contribution in [1.82, 2.24) is 24.0 Å². The van der Waals surface area contributed by atoms with E-state index in [0.717, 1.165) is 12.8 Å². The van der Waals surface area contributed by atoms with Crippen molar-refractivity contribution in [2.75, 3.05) is 27.2 Å². The Hall–Kier alpha value is -1.48. The molecule has 1 aliphatic heterocycles. The summed E-state index contributed by atoms with van der Waals surface area (Å²) in [5.41, 5.74) is 0. The molecule has 1 saturated heterocycles. The van der Waals surface area contributed by atoms with Crippen molar-refractivity contribution < 1.29 is 13.2 Å². The number of rotatable bonds is 5. The molecule has 1 fully saturated rings. The van der Waals surface area contributed by atoms with Gasteiger partial charge in [-0.1, -0.05) is 0 Å². The summed E-state index contributed by atoms with van der Waals surface area (Å²) < 4.78 is 28.4. The van der Waals surface area contributed by atoms with E-state index < -0.39 is 21.2 Å². The second-order valence-corrected chi connectivity index (χ2v) is 8.16. The molecular weight excluding hydrogens is 306 g/mol. The van der Waals surface area contributed by atoms with Gasteiger partial charge in [-0.3, -0.25) is 9.48 Å². The lowest BCUT2D eigenvalue weighted by molar-refractivity contribution is -0.128. The predicted octanol–water partition coefficient (Wildman–Crippen LogP) is -0.203. The number of sulfonamides is 1. The second kappa shape index (κ2) is 6.74. The van der Waals surface area contributed by atoms with Gasteiger partial charge in [0.05, 0.1) is 0 Å². The summed E-state index contributed by atoms with van der Waals surface area (Å²) in [7, 11) is -0.486. The SMILES string of the molecule is C[C@H](C(=O)N(C)C)S(=O)(=O)N1CCC[C@@H](Cn2cncn2)C1. The van der Waals surface area contributed by atoms with Crippen LogP contribution in [-0.2, 0) is 21.4 Å². The van der Waals surface area contributed by atoms with Crippen LogP contribution in [0.5, 0.6) is 0 Å². The number of piperidine rings is 1. The minimum atomic E-state index is -3.62.